The number of hydrogen-bond donors (Lipinski definition) is 0. The minimum absolute atomic E-state index is 0.171. The first kappa shape index (κ1) is 16.7. The van der Waals surface area contributed by atoms with Crippen LogP contribution in [-0.4, -0.2) is 37.4 Å². The summed E-state index contributed by atoms with van der Waals surface area (Å²) in [5.74, 6) is 0.777. The van der Waals surface area contributed by atoms with Gasteiger partial charge in [0.25, 0.3) is 5.78 Å². The third-order valence-electron chi connectivity index (χ3n) is 5.54. The van der Waals surface area contributed by atoms with Crippen molar-refractivity contribution in [2.24, 2.45) is 0 Å². The van der Waals surface area contributed by atoms with Crippen LogP contribution in [0.3, 0.4) is 0 Å². The Morgan fingerprint density at radius 2 is 2.12 bits per heavy atom. The Labute approximate surface area is 152 Å². The Kier molecular flexibility index (Phi) is 4.18. The number of fused-ring (bicyclic) bond motifs is 2. The molecule has 3 aromatic rings. The minimum atomic E-state index is 0.171. The third kappa shape index (κ3) is 2.75. The highest BCUT2D eigenvalue weighted by atomic mass is 16.2. The molecule has 0 radical (unpaired) electrons. The fraction of sp³-hybridized carbons (Fsp3) is 0.400. The molecule has 0 N–H and O–H groups in total. The SMILES string of the molecule is Cc1nc2ncnn2c(C)c1CCC(=O)N(C)C1CCc2ccccc21. The zero-order valence-corrected chi connectivity index (χ0v) is 15.4. The van der Waals surface area contributed by atoms with Crippen molar-refractivity contribution in [3.8, 4) is 0 Å². The lowest BCUT2D eigenvalue weighted by Crippen LogP contribution is -2.30. The van der Waals surface area contributed by atoms with Crippen LogP contribution < -0.4 is 0 Å². The second kappa shape index (κ2) is 6.52. The third-order valence-corrected chi connectivity index (χ3v) is 5.54. The maximum absolute atomic E-state index is 12.8. The largest absolute Gasteiger partial charge is 0.339 e. The van der Waals surface area contributed by atoms with Gasteiger partial charge in [0.1, 0.15) is 6.33 Å². The smallest absolute Gasteiger partial charge is 0.252 e. The molecule has 0 spiro atoms. The maximum Gasteiger partial charge on any atom is 0.252 e. The van der Waals surface area contributed by atoms with Crippen molar-refractivity contribution in [3.63, 3.8) is 0 Å². The van der Waals surface area contributed by atoms with Gasteiger partial charge in [0.15, 0.2) is 0 Å². The Balaban J connectivity index is 1.49. The number of aryl methyl sites for hydroxylation is 3. The molecule has 1 aliphatic rings. The molecule has 4 rings (SSSR count). The number of hydrogen-bond acceptors (Lipinski definition) is 4. The van der Waals surface area contributed by atoms with Gasteiger partial charge >= 0.3 is 0 Å². The van der Waals surface area contributed by atoms with Gasteiger partial charge in [-0.25, -0.2) is 9.50 Å². The molecule has 2 heterocycles. The molecule has 2 aromatic heterocycles. The van der Waals surface area contributed by atoms with E-state index in [1.807, 2.05) is 25.8 Å². The zero-order valence-electron chi connectivity index (χ0n) is 15.4. The van der Waals surface area contributed by atoms with Crippen LogP contribution in [-0.2, 0) is 17.6 Å². The van der Waals surface area contributed by atoms with E-state index >= 15 is 0 Å². The van der Waals surface area contributed by atoms with Crippen LogP contribution in [0, 0.1) is 13.8 Å². The van der Waals surface area contributed by atoms with Gasteiger partial charge in [-0.05, 0) is 49.8 Å². The fourth-order valence-electron chi connectivity index (χ4n) is 4.04. The van der Waals surface area contributed by atoms with Crippen molar-refractivity contribution < 1.29 is 4.79 Å². The normalized spacial score (nSPS) is 16.0. The summed E-state index contributed by atoms with van der Waals surface area (Å²) in [6.45, 7) is 3.98. The monoisotopic (exact) mass is 349 g/mol. The predicted octanol–water partition coefficient (Wildman–Crippen LogP) is 2.82. The lowest BCUT2D eigenvalue weighted by molar-refractivity contribution is -0.132. The highest BCUT2D eigenvalue weighted by Gasteiger charge is 2.28. The molecule has 134 valence electrons. The van der Waals surface area contributed by atoms with Crippen molar-refractivity contribution in [3.05, 3.63) is 58.7 Å². The Morgan fingerprint density at radius 1 is 1.31 bits per heavy atom. The predicted molar refractivity (Wildman–Crippen MR) is 98.9 cm³/mol. The van der Waals surface area contributed by atoms with Gasteiger partial charge in [0, 0.05) is 24.9 Å². The van der Waals surface area contributed by atoms with Crippen LogP contribution in [0.2, 0.25) is 0 Å². The maximum atomic E-state index is 12.8. The van der Waals surface area contributed by atoms with E-state index in [1.54, 1.807) is 4.52 Å². The lowest BCUT2D eigenvalue weighted by atomic mass is 10.0. The molecular weight excluding hydrogens is 326 g/mol. The summed E-state index contributed by atoms with van der Waals surface area (Å²) in [6.07, 6.45) is 4.70. The molecule has 0 saturated carbocycles. The summed E-state index contributed by atoms with van der Waals surface area (Å²) in [5, 5.41) is 4.22. The van der Waals surface area contributed by atoms with Gasteiger partial charge in [0.2, 0.25) is 5.91 Å². The molecule has 1 aromatic carbocycles. The molecule has 0 bridgehead atoms. The molecule has 6 heteroatoms. The van der Waals surface area contributed by atoms with E-state index < -0.39 is 0 Å². The summed E-state index contributed by atoms with van der Waals surface area (Å²) in [5.41, 5.74) is 5.67. The summed E-state index contributed by atoms with van der Waals surface area (Å²) < 4.78 is 1.74. The molecule has 1 aliphatic carbocycles. The average molecular weight is 349 g/mol. The Morgan fingerprint density at radius 3 is 2.96 bits per heavy atom. The molecule has 1 amide bonds. The highest BCUT2D eigenvalue weighted by molar-refractivity contribution is 5.77. The lowest BCUT2D eigenvalue weighted by Gasteiger charge is -2.26. The number of aromatic nitrogens is 4. The second-order valence-electron chi connectivity index (χ2n) is 6.99. The number of nitrogens with zero attached hydrogens (tertiary/aromatic N) is 5. The molecular formula is C20H23N5O. The van der Waals surface area contributed by atoms with Crippen LogP contribution >= 0.6 is 0 Å². The first-order chi connectivity index (χ1) is 12.6. The molecule has 26 heavy (non-hydrogen) atoms. The van der Waals surface area contributed by atoms with Crippen molar-refractivity contribution in [1.29, 1.82) is 0 Å². The van der Waals surface area contributed by atoms with Gasteiger partial charge in [-0.3, -0.25) is 4.79 Å². The van der Waals surface area contributed by atoms with Crippen molar-refractivity contribution >= 4 is 11.7 Å². The Bertz CT molecular complexity index is 977. The number of carbonyl (C=O) groups excluding carboxylic acids is 1. The second-order valence-corrected chi connectivity index (χ2v) is 6.99. The number of carbonyl (C=O) groups is 1. The van der Waals surface area contributed by atoms with Crippen LogP contribution in [0.1, 0.15) is 47.0 Å². The van der Waals surface area contributed by atoms with Gasteiger partial charge in [-0.1, -0.05) is 24.3 Å². The van der Waals surface area contributed by atoms with E-state index in [4.69, 9.17) is 0 Å². The number of benzene rings is 1. The van der Waals surface area contributed by atoms with Gasteiger partial charge in [-0.2, -0.15) is 10.1 Å². The van der Waals surface area contributed by atoms with Crippen LogP contribution in [0.15, 0.2) is 30.6 Å². The summed E-state index contributed by atoms with van der Waals surface area (Å²) in [6, 6.07) is 8.63. The first-order valence-electron chi connectivity index (χ1n) is 9.05. The number of rotatable bonds is 4. The van der Waals surface area contributed by atoms with Crippen LogP contribution in [0.25, 0.3) is 5.78 Å². The molecule has 0 fully saturated rings. The van der Waals surface area contributed by atoms with Gasteiger partial charge in [0.05, 0.1) is 6.04 Å². The topological polar surface area (TPSA) is 63.4 Å². The van der Waals surface area contributed by atoms with E-state index in [0.29, 0.717) is 18.6 Å². The first-order valence-corrected chi connectivity index (χ1v) is 9.05. The van der Waals surface area contributed by atoms with E-state index in [-0.39, 0.29) is 11.9 Å². The van der Waals surface area contributed by atoms with Crippen molar-refractivity contribution in [1.82, 2.24) is 24.5 Å². The molecule has 1 atom stereocenters. The van der Waals surface area contributed by atoms with Crippen LogP contribution in [0.4, 0.5) is 0 Å². The van der Waals surface area contributed by atoms with E-state index in [2.05, 4.69) is 39.3 Å². The Hall–Kier alpha value is -2.76. The van der Waals surface area contributed by atoms with Crippen molar-refractivity contribution in [2.45, 2.75) is 45.6 Å². The minimum Gasteiger partial charge on any atom is -0.339 e. The zero-order chi connectivity index (χ0) is 18.3. The molecule has 0 saturated heterocycles. The molecule has 6 nitrogen and oxygen atoms in total. The van der Waals surface area contributed by atoms with E-state index in [0.717, 1.165) is 29.8 Å². The van der Waals surface area contributed by atoms with E-state index in [1.165, 1.54) is 17.5 Å². The van der Waals surface area contributed by atoms with E-state index in [9.17, 15) is 4.79 Å². The molecule has 1 unspecified atom stereocenters. The standard InChI is InChI=1S/C20H23N5O/c1-13-16(14(2)25-20(23-13)21-12-22-25)9-11-19(26)24(3)18-10-8-15-6-4-5-7-17(15)18/h4-7,12,18H,8-11H2,1-3H3. The highest BCUT2D eigenvalue weighted by Crippen LogP contribution is 2.35. The average Bonchev–Trinajstić information content (AvgIpc) is 3.27. The van der Waals surface area contributed by atoms with Crippen molar-refractivity contribution in [2.75, 3.05) is 7.05 Å². The molecule has 0 aliphatic heterocycles. The number of amides is 1. The summed E-state index contributed by atoms with van der Waals surface area (Å²) in [7, 11) is 1.92. The summed E-state index contributed by atoms with van der Waals surface area (Å²) in [4.78, 5) is 23.4. The summed E-state index contributed by atoms with van der Waals surface area (Å²) >= 11 is 0. The van der Waals surface area contributed by atoms with Gasteiger partial charge in [-0.15, -0.1) is 0 Å². The van der Waals surface area contributed by atoms with Crippen LogP contribution in [0.5, 0.6) is 0 Å². The quantitative estimate of drug-likeness (QED) is 0.726. The fourth-order valence-corrected chi connectivity index (χ4v) is 4.04. The van der Waals surface area contributed by atoms with Gasteiger partial charge < -0.3 is 4.90 Å².